The van der Waals surface area contributed by atoms with E-state index in [0.29, 0.717) is 11.4 Å². The predicted molar refractivity (Wildman–Crippen MR) is 78.5 cm³/mol. The molecule has 5 heteroatoms. The van der Waals surface area contributed by atoms with Gasteiger partial charge in [-0.15, -0.1) is 0 Å². The number of sulfonamides is 1. The molecule has 0 aliphatic heterocycles. The van der Waals surface area contributed by atoms with E-state index in [0.717, 1.165) is 18.4 Å². The summed E-state index contributed by atoms with van der Waals surface area (Å²) in [5.74, 6) is 0. The number of hydrogen-bond donors (Lipinski definition) is 2. The van der Waals surface area contributed by atoms with Crippen LogP contribution >= 0.6 is 0 Å². The lowest BCUT2D eigenvalue weighted by Gasteiger charge is -2.26. The van der Waals surface area contributed by atoms with Gasteiger partial charge >= 0.3 is 0 Å². The third-order valence-corrected chi connectivity index (χ3v) is 4.71. The molecule has 0 heterocycles. The molecule has 0 bridgehead atoms. The van der Waals surface area contributed by atoms with Gasteiger partial charge in [-0.05, 0) is 38.9 Å². The van der Waals surface area contributed by atoms with Gasteiger partial charge in [0.15, 0.2) is 0 Å². The van der Waals surface area contributed by atoms with Crippen molar-refractivity contribution in [3.8, 4) is 0 Å². The maximum absolute atomic E-state index is 12.5. The summed E-state index contributed by atoms with van der Waals surface area (Å²) in [7, 11) is -1.68. The van der Waals surface area contributed by atoms with Gasteiger partial charge in [0.1, 0.15) is 0 Å². The Balaban J connectivity index is 3.07. The van der Waals surface area contributed by atoms with E-state index in [4.69, 9.17) is 0 Å². The summed E-state index contributed by atoms with van der Waals surface area (Å²) in [4.78, 5) is 0.355. The van der Waals surface area contributed by atoms with Gasteiger partial charge in [-0.1, -0.05) is 31.5 Å². The maximum Gasteiger partial charge on any atom is 0.241 e. The molecule has 1 aromatic carbocycles. The van der Waals surface area contributed by atoms with Crippen LogP contribution in [0.4, 0.5) is 0 Å². The Morgan fingerprint density at radius 3 is 2.42 bits per heavy atom. The van der Waals surface area contributed by atoms with E-state index < -0.39 is 15.6 Å². The fourth-order valence-electron chi connectivity index (χ4n) is 2.20. The molecule has 1 aromatic rings. The van der Waals surface area contributed by atoms with Crippen molar-refractivity contribution in [2.45, 2.75) is 50.6 Å². The minimum absolute atomic E-state index is 0.355. The first-order valence-electron chi connectivity index (χ1n) is 6.59. The van der Waals surface area contributed by atoms with Crippen LogP contribution < -0.4 is 10.0 Å². The highest BCUT2D eigenvalue weighted by molar-refractivity contribution is 7.89. The Bertz CT molecular complexity index is 510. The fraction of sp³-hybridized carbons (Fsp3) is 0.571. The molecule has 0 fully saturated rings. The van der Waals surface area contributed by atoms with Crippen molar-refractivity contribution in [3.05, 3.63) is 29.8 Å². The van der Waals surface area contributed by atoms with Gasteiger partial charge in [0, 0.05) is 12.1 Å². The molecule has 0 atom stereocenters. The Morgan fingerprint density at radius 2 is 1.84 bits per heavy atom. The normalized spacial score (nSPS) is 12.6. The van der Waals surface area contributed by atoms with Gasteiger partial charge in [0.05, 0.1) is 4.90 Å². The van der Waals surface area contributed by atoms with Crippen molar-refractivity contribution in [1.29, 1.82) is 0 Å². The molecule has 0 aliphatic rings. The molecule has 0 saturated heterocycles. The molecular weight excluding hydrogens is 260 g/mol. The molecule has 0 amide bonds. The van der Waals surface area contributed by atoms with Crippen LogP contribution in [-0.2, 0) is 16.6 Å². The summed E-state index contributed by atoms with van der Waals surface area (Å²) in [6.45, 7) is 6.40. The van der Waals surface area contributed by atoms with Crippen LogP contribution in [0.1, 0.15) is 39.2 Å². The van der Waals surface area contributed by atoms with Gasteiger partial charge < -0.3 is 5.32 Å². The van der Waals surface area contributed by atoms with Crippen molar-refractivity contribution >= 4 is 10.0 Å². The minimum Gasteiger partial charge on any atom is -0.316 e. The lowest BCUT2D eigenvalue weighted by molar-refractivity contribution is 0.417. The Kier molecular flexibility index (Phi) is 5.52. The molecule has 0 aromatic heterocycles. The maximum atomic E-state index is 12.5. The van der Waals surface area contributed by atoms with Crippen LogP contribution in [0.5, 0.6) is 0 Å². The molecule has 0 radical (unpaired) electrons. The summed E-state index contributed by atoms with van der Waals surface area (Å²) in [5, 5.41) is 2.99. The van der Waals surface area contributed by atoms with Gasteiger partial charge in [-0.25, -0.2) is 13.1 Å². The second kappa shape index (κ2) is 6.50. The van der Waals surface area contributed by atoms with E-state index in [1.165, 1.54) is 0 Å². The van der Waals surface area contributed by atoms with Crippen molar-refractivity contribution < 1.29 is 8.42 Å². The monoisotopic (exact) mass is 284 g/mol. The average Bonchev–Trinajstić information content (AvgIpc) is 2.28. The number of benzene rings is 1. The summed E-state index contributed by atoms with van der Waals surface area (Å²) in [6.07, 6.45) is 1.74. The van der Waals surface area contributed by atoms with Crippen LogP contribution in [0.2, 0.25) is 0 Å². The van der Waals surface area contributed by atoms with Crippen molar-refractivity contribution in [2.24, 2.45) is 0 Å². The van der Waals surface area contributed by atoms with E-state index in [2.05, 4.69) is 10.0 Å². The van der Waals surface area contributed by atoms with E-state index in [9.17, 15) is 8.42 Å². The molecule has 2 N–H and O–H groups in total. The molecule has 1 rings (SSSR count). The molecular formula is C14H24N2O2S. The second-order valence-corrected chi connectivity index (χ2v) is 7.03. The number of hydrogen-bond acceptors (Lipinski definition) is 3. The van der Waals surface area contributed by atoms with E-state index in [-0.39, 0.29) is 0 Å². The van der Waals surface area contributed by atoms with E-state index >= 15 is 0 Å². The Morgan fingerprint density at radius 1 is 1.21 bits per heavy atom. The van der Waals surface area contributed by atoms with Crippen LogP contribution in [-0.4, -0.2) is 21.0 Å². The van der Waals surface area contributed by atoms with E-state index in [1.54, 1.807) is 19.2 Å². The van der Waals surface area contributed by atoms with Gasteiger partial charge in [0.2, 0.25) is 10.0 Å². The smallest absolute Gasteiger partial charge is 0.241 e. The first kappa shape index (κ1) is 16.1. The number of rotatable bonds is 7. The molecule has 0 spiro atoms. The average molecular weight is 284 g/mol. The molecule has 4 nitrogen and oxygen atoms in total. The second-order valence-electron chi connectivity index (χ2n) is 5.38. The van der Waals surface area contributed by atoms with Gasteiger partial charge in [-0.2, -0.15) is 0 Å². The SMILES string of the molecule is CCCC(C)(C)NS(=O)(=O)c1ccccc1CNC. The first-order valence-corrected chi connectivity index (χ1v) is 8.07. The summed E-state index contributed by atoms with van der Waals surface area (Å²) >= 11 is 0. The molecule has 19 heavy (non-hydrogen) atoms. The predicted octanol–water partition coefficient (Wildman–Crippen LogP) is 2.26. The quantitative estimate of drug-likeness (QED) is 0.807. The molecule has 0 unspecified atom stereocenters. The summed E-state index contributed by atoms with van der Waals surface area (Å²) in [6, 6.07) is 7.08. The highest BCUT2D eigenvalue weighted by Gasteiger charge is 2.26. The zero-order chi connectivity index (χ0) is 14.5. The van der Waals surface area contributed by atoms with Crippen molar-refractivity contribution in [2.75, 3.05) is 7.05 Å². The highest BCUT2D eigenvalue weighted by Crippen LogP contribution is 2.20. The third-order valence-electron chi connectivity index (χ3n) is 2.92. The molecule has 108 valence electrons. The van der Waals surface area contributed by atoms with Crippen molar-refractivity contribution in [1.82, 2.24) is 10.0 Å². The summed E-state index contributed by atoms with van der Waals surface area (Å²) < 4.78 is 27.8. The van der Waals surface area contributed by atoms with E-state index in [1.807, 2.05) is 32.9 Å². The summed E-state index contributed by atoms with van der Waals surface area (Å²) in [5.41, 5.74) is 0.352. The lowest BCUT2D eigenvalue weighted by Crippen LogP contribution is -2.43. The zero-order valence-corrected chi connectivity index (χ0v) is 13.0. The fourth-order valence-corrected chi connectivity index (χ4v) is 3.88. The van der Waals surface area contributed by atoms with Crippen LogP contribution in [0.15, 0.2) is 29.2 Å². The third kappa shape index (κ3) is 4.60. The largest absolute Gasteiger partial charge is 0.316 e. The van der Waals surface area contributed by atoms with Crippen molar-refractivity contribution in [3.63, 3.8) is 0 Å². The Labute approximate surface area is 116 Å². The van der Waals surface area contributed by atoms with Crippen LogP contribution in [0, 0.1) is 0 Å². The standard InChI is InChI=1S/C14H24N2O2S/c1-5-10-14(2,3)16-19(17,18)13-9-7-6-8-12(13)11-15-4/h6-9,15-16H,5,10-11H2,1-4H3. The zero-order valence-electron chi connectivity index (χ0n) is 12.2. The van der Waals surface area contributed by atoms with Crippen LogP contribution in [0.3, 0.4) is 0 Å². The molecule has 0 saturated carbocycles. The Hall–Kier alpha value is -0.910. The topological polar surface area (TPSA) is 58.2 Å². The first-order chi connectivity index (χ1) is 8.82. The molecule has 0 aliphatic carbocycles. The van der Waals surface area contributed by atoms with Crippen LogP contribution in [0.25, 0.3) is 0 Å². The lowest BCUT2D eigenvalue weighted by atomic mass is 10.0. The minimum atomic E-state index is -3.48. The highest BCUT2D eigenvalue weighted by atomic mass is 32.2. The van der Waals surface area contributed by atoms with Gasteiger partial charge in [-0.3, -0.25) is 0 Å². The number of nitrogens with one attached hydrogen (secondary N) is 2. The van der Waals surface area contributed by atoms with Gasteiger partial charge in [0.25, 0.3) is 0 Å².